The predicted molar refractivity (Wildman–Crippen MR) is 243 cm³/mol. The molecule has 0 amide bonds. The molecule has 9 nitrogen and oxygen atoms in total. The second-order valence-corrected chi connectivity index (χ2v) is 15.9. The van der Waals surface area contributed by atoms with E-state index in [9.17, 15) is 19.0 Å². The van der Waals surface area contributed by atoms with Crippen molar-refractivity contribution in [2.75, 3.05) is 33.4 Å². The van der Waals surface area contributed by atoms with Crippen LogP contribution in [0.4, 0.5) is 0 Å². The number of phosphoric acid groups is 1. The minimum absolute atomic E-state index is 0.0326. The summed E-state index contributed by atoms with van der Waals surface area (Å²) < 4.78 is 33.2. The van der Waals surface area contributed by atoms with Gasteiger partial charge in [-0.15, -0.1) is 0 Å². The highest BCUT2D eigenvalue weighted by atomic mass is 31.2. The maximum atomic E-state index is 12.6. The van der Waals surface area contributed by atoms with Crippen LogP contribution in [0.15, 0.2) is 85.1 Å². The maximum Gasteiger partial charge on any atom is 0.472 e. The lowest BCUT2D eigenvalue weighted by Gasteiger charge is -2.20. The second kappa shape index (κ2) is 43.8. The van der Waals surface area contributed by atoms with Gasteiger partial charge in [-0.3, -0.25) is 18.6 Å². The van der Waals surface area contributed by atoms with Gasteiger partial charge in [0.05, 0.1) is 13.2 Å². The monoisotopic (exact) mass is 832 g/mol. The minimum Gasteiger partial charge on any atom is -0.462 e. The van der Waals surface area contributed by atoms with Gasteiger partial charge in [0.25, 0.3) is 0 Å². The molecule has 0 saturated heterocycles. The van der Waals surface area contributed by atoms with E-state index in [-0.39, 0.29) is 26.1 Å². The smallest absolute Gasteiger partial charge is 0.462 e. The second-order valence-electron chi connectivity index (χ2n) is 14.5. The van der Waals surface area contributed by atoms with Crippen LogP contribution in [0.3, 0.4) is 0 Å². The summed E-state index contributed by atoms with van der Waals surface area (Å²) in [5.74, 6) is -0.886. The zero-order valence-corrected chi connectivity index (χ0v) is 37.6. The Bertz CT molecular complexity index is 1220. The van der Waals surface area contributed by atoms with Crippen LogP contribution in [-0.4, -0.2) is 56.3 Å². The van der Waals surface area contributed by atoms with Gasteiger partial charge in [0.1, 0.15) is 6.61 Å². The number of allylic oxidation sites excluding steroid dienone is 14. The molecule has 0 saturated carbocycles. The predicted octanol–water partition coefficient (Wildman–Crippen LogP) is 13.1. The van der Waals surface area contributed by atoms with Crippen molar-refractivity contribution in [1.82, 2.24) is 5.32 Å². The largest absolute Gasteiger partial charge is 0.472 e. The molecule has 0 rings (SSSR count). The van der Waals surface area contributed by atoms with Crippen LogP contribution in [0.25, 0.3) is 0 Å². The Kier molecular flexibility index (Phi) is 41.6. The Hall–Kier alpha value is -2.81. The van der Waals surface area contributed by atoms with E-state index in [1.54, 1.807) is 7.05 Å². The first-order valence-corrected chi connectivity index (χ1v) is 24.0. The molecule has 0 fully saturated rings. The molecule has 2 atom stereocenters. The zero-order valence-electron chi connectivity index (χ0n) is 36.7. The SMILES string of the molecule is CC/C=C\C/C=C\C/C=C\C/C=C\C/C=C\CCCC(=O)OC(COC(=O)CCCCCCCCCCC/C=C\C/C=C\CCCCC)COP(=O)(O)OCCNC. The molecule has 332 valence electrons. The number of ether oxygens (including phenoxy) is 2. The van der Waals surface area contributed by atoms with Crippen LogP contribution < -0.4 is 5.32 Å². The number of likely N-dealkylation sites (N-methyl/N-ethyl adjacent to an activating group) is 1. The molecule has 0 radical (unpaired) electrons. The fourth-order valence-corrected chi connectivity index (χ4v) is 6.37. The molecule has 0 aliphatic heterocycles. The normalized spacial score (nSPS) is 14.1. The van der Waals surface area contributed by atoms with Crippen molar-refractivity contribution < 1.29 is 37.6 Å². The van der Waals surface area contributed by atoms with Crippen molar-refractivity contribution in [2.45, 2.75) is 174 Å². The van der Waals surface area contributed by atoms with Gasteiger partial charge < -0.3 is 19.7 Å². The van der Waals surface area contributed by atoms with Gasteiger partial charge in [-0.05, 0) is 90.5 Å². The fraction of sp³-hybridized carbons (Fsp3) is 0.667. The lowest BCUT2D eigenvalue weighted by Crippen LogP contribution is -2.29. The van der Waals surface area contributed by atoms with E-state index in [1.807, 2.05) is 6.08 Å². The van der Waals surface area contributed by atoms with Gasteiger partial charge in [-0.1, -0.05) is 157 Å². The van der Waals surface area contributed by atoms with Crippen molar-refractivity contribution >= 4 is 19.8 Å². The van der Waals surface area contributed by atoms with Crippen LogP contribution in [0.5, 0.6) is 0 Å². The number of phosphoric ester groups is 1. The van der Waals surface area contributed by atoms with E-state index in [2.05, 4.69) is 98.2 Å². The molecule has 2 unspecified atom stereocenters. The Labute approximate surface area is 354 Å². The maximum absolute atomic E-state index is 12.6. The molecule has 0 bridgehead atoms. The molecule has 0 aliphatic carbocycles. The molecule has 0 aromatic carbocycles. The van der Waals surface area contributed by atoms with E-state index < -0.39 is 32.5 Å². The first kappa shape index (κ1) is 55.2. The summed E-state index contributed by atoms with van der Waals surface area (Å²) in [7, 11) is -2.68. The Morgan fingerprint density at radius 3 is 1.52 bits per heavy atom. The fourth-order valence-electron chi connectivity index (χ4n) is 5.62. The number of rotatable bonds is 41. The van der Waals surface area contributed by atoms with E-state index >= 15 is 0 Å². The molecule has 0 spiro atoms. The van der Waals surface area contributed by atoms with Gasteiger partial charge in [-0.25, -0.2) is 4.57 Å². The van der Waals surface area contributed by atoms with Gasteiger partial charge in [-0.2, -0.15) is 0 Å². The summed E-state index contributed by atoms with van der Waals surface area (Å²) in [6.07, 6.45) is 53.5. The average Bonchev–Trinajstić information content (AvgIpc) is 3.21. The van der Waals surface area contributed by atoms with Crippen molar-refractivity contribution in [3.63, 3.8) is 0 Å². The lowest BCUT2D eigenvalue weighted by molar-refractivity contribution is -0.161. The van der Waals surface area contributed by atoms with E-state index in [0.29, 0.717) is 19.4 Å². The molecular formula is C48H82NO8P. The van der Waals surface area contributed by atoms with Crippen LogP contribution in [0.2, 0.25) is 0 Å². The third-order valence-electron chi connectivity index (χ3n) is 9.00. The molecular weight excluding hydrogens is 750 g/mol. The summed E-state index contributed by atoms with van der Waals surface area (Å²) in [5, 5.41) is 2.82. The van der Waals surface area contributed by atoms with Crippen molar-refractivity contribution in [1.29, 1.82) is 0 Å². The van der Waals surface area contributed by atoms with Gasteiger partial charge in [0.15, 0.2) is 6.10 Å². The third-order valence-corrected chi connectivity index (χ3v) is 9.98. The number of nitrogens with one attached hydrogen (secondary N) is 1. The van der Waals surface area contributed by atoms with Crippen LogP contribution >= 0.6 is 7.82 Å². The molecule has 0 aromatic rings. The van der Waals surface area contributed by atoms with E-state index in [1.165, 1.54) is 57.8 Å². The molecule has 2 N–H and O–H groups in total. The number of hydrogen-bond donors (Lipinski definition) is 2. The summed E-state index contributed by atoms with van der Waals surface area (Å²) in [6, 6.07) is 0. The van der Waals surface area contributed by atoms with Crippen LogP contribution in [0, 0.1) is 0 Å². The summed E-state index contributed by atoms with van der Waals surface area (Å²) in [6.45, 7) is 4.00. The Morgan fingerprint density at radius 2 is 1.00 bits per heavy atom. The summed E-state index contributed by atoms with van der Waals surface area (Å²) >= 11 is 0. The highest BCUT2D eigenvalue weighted by molar-refractivity contribution is 7.47. The lowest BCUT2D eigenvalue weighted by atomic mass is 10.1. The van der Waals surface area contributed by atoms with Crippen molar-refractivity contribution in [2.24, 2.45) is 0 Å². The van der Waals surface area contributed by atoms with E-state index in [0.717, 1.165) is 70.6 Å². The summed E-state index contributed by atoms with van der Waals surface area (Å²) in [5.41, 5.74) is 0. The zero-order chi connectivity index (χ0) is 42.5. The summed E-state index contributed by atoms with van der Waals surface area (Å²) in [4.78, 5) is 35.1. The third kappa shape index (κ3) is 42.8. The highest BCUT2D eigenvalue weighted by Gasteiger charge is 2.26. The number of esters is 2. The molecule has 0 aliphatic rings. The van der Waals surface area contributed by atoms with Crippen LogP contribution in [-0.2, 0) is 32.7 Å². The molecule has 10 heteroatoms. The van der Waals surface area contributed by atoms with Gasteiger partial charge in [0.2, 0.25) is 0 Å². The van der Waals surface area contributed by atoms with Crippen LogP contribution in [0.1, 0.15) is 168 Å². The minimum atomic E-state index is -4.37. The van der Waals surface area contributed by atoms with Crippen molar-refractivity contribution in [3.8, 4) is 0 Å². The number of unbranched alkanes of at least 4 members (excludes halogenated alkanes) is 13. The standard InChI is InChI=1S/C48H82NO8P/c1-4-6-8-10-12-14-16-18-20-22-23-25-26-28-30-32-34-36-38-40-47(50)54-44-46(45-56-58(52,53)55-43-42-49-3)57-48(51)41-39-37-35-33-31-29-27-24-21-19-17-15-13-11-9-7-5-2/h7,9,12-15,18-21,27,29,33,35,46,49H,4-6,8,10-11,16-17,22-26,28,30-32,34,36-45H2,1-3H3,(H,52,53)/b9-7-,14-12-,15-13-,20-18-,21-19-,29-27-,35-33-. The molecule has 0 aromatic heterocycles. The Morgan fingerprint density at radius 1 is 0.552 bits per heavy atom. The first-order chi connectivity index (χ1) is 28.3. The van der Waals surface area contributed by atoms with Gasteiger partial charge >= 0.3 is 19.8 Å². The van der Waals surface area contributed by atoms with Gasteiger partial charge in [0, 0.05) is 19.4 Å². The topological polar surface area (TPSA) is 120 Å². The number of carbonyl (C=O) groups is 2. The molecule has 58 heavy (non-hydrogen) atoms. The number of hydrogen-bond acceptors (Lipinski definition) is 8. The first-order valence-electron chi connectivity index (χ1n) is 22.5. The number of carbonyl (C=O) groups excluding carboxylic acids is 2. The quantitative estimate of drug-likeness (QED) is 0.0268. The highest BCUT2D eigenvalue weighted by Crippen LogP contribution is 2.43. The molecule has 0 heterocycles. The Balaban J connectivity index is 4.30. The average molecular weight is 832 g/mol. The van der Waals surface area contributed by atoms with Crippen molar-refractivity contribution in [3.05, 3.63) is 85.1 Å². The van der Waals surface area contributed by atoms with E-state index in [4.69, 9.17) is 18.5 Å².